The van der Waals surface area contributed by atoms with Crippen LogP contribution in [0.1, 0.15) is 110 Å². The minimum atomic E-state index is -1.52. The van der Waals surface area contributed by atoms with E-state index in [9.17, 15) is 8.78 Å². The second-order valence-corrected chi connectivity index (χ2v) is 11.9. The lowest BCUT2D eigenvalue weighted by Crippen LogP contribution is -2.41. The maximum Gasteiger partial charge on any atom is 0.266 e. The van der Waals surface area contributed by atoms with Crippen molar-refractivity contribution < 1.29 is 18.3 Å². The lowest BCUT2D eigenvalue weighted by atomic mass is 9.68. The third-order valence-corrected chi connectivity index (χ3v) is 9.84. The van der Waals surface area contributed by atoms with Crippen LogP contribution in [-0.4, -0.2) is 19.5 Å². The Morgan fingerprint density at radius 3 is 1.61 bits per heavy atom. The number of rotatable bonds is 8. The van der Waals surface area contributed by atoms with Crippen LogP contribution in [0.3, 0.4) is 0 Å². The first-order chi connectivity index (χ1) is 16.1. The molecule has 0 spiro atoms. The highest BCUT2D eigenvalue weighted by Crippen LogP contribution is 2.44. The van der Waals surface area contributed by atoms with Gasteiger partial charge in [0.15, 0.2) is 6.29 Å². The van der Waals surface area contributed by atoms with Gasteiger partial charge in [0.05, 0.1) is 13.2 Å². The van der Waals surface area contributed by atoms with Gasteiger partial charge in [-0.2, -0.15) is 8.78 Å². The highest BCUT2D eigenvalue weighted by molar-refractivity contribution is 4.86. The molecule has 2 nitrogen and oxygen atoms in total. The topological polar surface area (TPSA) is 18.5 Å². The fourth-order valence-corrected chi connectivity index (χ4v) is 7.70. The lowest BCUT2D eigenvalue weighted by molar-refractivity contribution is -0.237. The Bertz CT molecular complexity index is 572. The first-order valence-electron chi connectivity index (χ1n) is 14.4. The molecule has 3 saturated carbocycles. The van der Waals surface area contributed by atoms with Gasteiger partial charge in [-0.1, -0.05) is 45.4 Å². The van der Waals surface area contributed by atoms with Gasteiger partial charge in [-0.3, -0.25) is 0 Å². The third-order valence-electron chi connectivity index (χ3n) is 9.84. The second kappa shape index (κ2) is 13.0. The smallest absolute Gasteiger partial charge is 0.266 e. The van der Waals surface area contributed by atoms with Gasteiger partial charge >= 0.3 is 0 Å². The van der Waals surface area contributed by atoms with E-state index < -0.39 is 6.08 Å². The maximum absolute atomic E-state index is 12.2. The van der Waals surface area contributed by atoms with Crippen LogP contribution in [0.15, 0.2) is 12.2 Å². The van der Waals surface area contributed by atoms with Crippen molar-refractivity contribution in [1.82, 2.24) is 0 Å². The average Bonchev–Trinajstić information content (AvgIpc) is 2.85. The molecule has 0 bridgehead atoms. The van der Waals surface area contributed by atoms with Crippen molar-refractivity contribution in [2.45, 2.75) is 116 Å². The molecule has 4 heteroatoms. The van der Waals surface area contributed by atoms with Gasteiger partial charge in [0.1, 0.15) is 0 Å². The fourth-order valence-electron chi connectivity index (χ4n) is 7.70. The zero-order chi connectivity index (χ0) is 23.0. The van der Waals surface area contributed by atoms with Crippen LogP contribution < -0.4 is 0 Å². The normalized spacial score (nSPS) is 40.3. The van der Waals surface area contributed by atoms with Gasteiger partial charge in [-0.15, -0.1) is 0 Å². The molecule has 0 aromatic heterocycles. The van der Waals surface area contributed by atoms with Crippen LogP contribution in [0.25, 0.3) is 0 Å². The monoisotopic (exact) mass is 466 g/mol. The molecule has 0 unspecified atom stereocenters. The molecule has 1 aliphatic heterocycles. The van der Waals surface area contributed by atoms with Crippen LogP contribution in [0.2, 0.25) is 0 Å². The summed E-state index contributed by atoms with van der Waals surface area (Å²) in [7, 11) is 0. The molecular weight excluding hydrogens is 418 g/mol. The van der Waals surface area contributed by atoms with Gasteiger partial charge in [-0.05, 0) is 99.9 Å². The summed E-state index contributed by atoms with van der Waals surface area (Å²) in [5, 5.41) is 0. The average molecular weight is 467 g/mol. The summed E-state index contributed by atoms with van der Waals surface area (Å²) >= 11 is 0. The summed E-state index contributed by atoms with van der Waals surface area (Å²) in [4.78, 5) is 0. The number of ether oxygens (including phenoxy) is 2. The van der Waals surface area contributed by atoms with Crippen LogP contribution in [0, 0.1) is 41.4 Å². The maximum atomic E-state index is 12.2. The molecule has 4 fully saturated rings. The van der Waals surface area contributed by atoms with Gasteiger partial charge < -0.3 is 9.47 Å². The van der Waals surface area contributed by atoms with Crippen LogP contribution in [0.4, 0.5) is 8.78 Å². The van der Waals surface area contributed by atoms with E-state index in [2.05, 4.69) is 6.92 Å². The quantitative estimate of drug-likeness (QED) is 0.356. The largest absolute Gasteiger partial charge is 0.352 e. The van der Waals surface area contributed by atoms with E-state index in [4.69, 9.17) is 9.47 Å². The molecule has 3 aliphatic carbocycles. The van der Waals surface area contributed by atoms with Crippen molar-refractivity contribution in [1.29, 1.82) is 0 Å². The van der Waals surface area contributed by atoms with E-state index in [-0.39, 0.29) is 6.29 Å². The Balaban J connectivity index is 1.11. The molecular formula is C29H48F2O2. The minimum Gasteiger partial charge on any atom is -0.352 e. The number of allylic oxidation sites excluding steroid dienone is 1. The van der Waals surface area contributed by atoms with Crippen molar-refractivity contribution in [2.75, 3.05) is 13.2 Å². The predicted octanol–water partition coefficient (Wildman–Crippen LogP) is 8.76. The molecule has 33 heavy (non-hydrogen) atoms. The zero-order valence-electron chi connectivity index (χ0n) is 21.0. The molecule has 190 valence electrons. The first-order valence-corrected chi connectivity index (χ1v) is 14.4. The standard InChI is InChI=1S/C29H48F2O2/c1-2-4-21-7-13-25(14-8-21)27-19-32-29(33-20-27)26-17-15-24(16-18-26)23-11-9-22(10-12-23)5-3-6-28(30)31/h6,21-27,29H,2-5,7-20H2,1H3. The third kappa shape index (κ3) is 7.50. The lowest BCUT2D eigenvalue weighted by Gasteiger charge is -2.42. The summed E-state index contributed by atoms with van der Waals surface area (Å²) in [5.74, 6) is 5.37. The highest BCUT2D eigenvalue weighted by atomic mass is 19.3. The van der Waals surface area contributed by atoms with Gasteiger partial charge in [0.25, 0.3) is 6.08 Å². The summed E-state index contributed by atoms with van der Waals surface area (Å²) in [6.07, 6.45) is 19.7. The Kier molecular flexibility index (Phi) is 10.1. The molecule has 0 amide bonds. The fraction of sp³-hybridized carbons (Fsp3) is 0.931. The molecule has 0 radical (unpaired) electrons. The van der Waals surface area contributed by atoms with E-state index in [1.807, 2.05) is 0 Å². The first kappa shape index (κ1) is 25.6. The van der Waals surface area contributed by atoms with Gasteiger partial charge in [0.2, 0.25) is 0 Å². The molecule has 4 rings (SSSR count). The van der Waals surface area contributed by atoms with Crippen LogP contribution in [0.5, 0.6) is 0 Å². The minimum absolute atomic E-state index is 0.0401. The highest BCUT2D eigenvalue weighted by Gasteiger charge is 2.37. The summed E-state index contributed by atoms with van der Waals surface area (Å²) in [6, 6.07) is 0. The Hall–Kier alpha value is -0.480. The van der Waals surface area contributed by atoms with Crippen molar-refractivity contribution >= 4 is 0 Å². The summed E-state index contributed by atoms with van der Waals surface area (Å²) < 4.78 is 37.1. The number of hydrogen-bond donors (Lipinski definition) is 0. The SMILES string of the molecule is CCCC1CCC(C2COC(C3CCC(C4CCC(CCC=C(F)F)CC4)CC3)OC2)CC1. The van der Waals surface area contributed by atoms with E-state index in [1.165, 1.54) is 89.9 Å². The number of halogens is 2. The van der Waals surface area contributed by atoms with E-state index in [1.54, 1.807) is 0 Å². The second-order valence-electron chi connectivity index (χ2n) is 11.9. The van der Waals surface area contributed by atoms with Gasteiger partial charge in [0, 0.05) is 11.8 Å². The van der Waals surface area contributed by atoms with E-state index in [0.29, 0.717) is 24.2 Å². The summed E-state index contributed by atoms with van der Waals surface area (Å²) in [5.41, 5.74) is 0. The molecule has 1 heterocycles. The Labute approximate surface area is 201 Å². The van der Waals surface area contributed by atoms with Crippen LogP contribution >= 0.6 is 0 Å². The molecule has 0 N–H and O–H groups in total. The molecule has 0 aromatic carbocycles. The Morgan fingerprint density at radius 1 is 0.636 bits per heavy atom. The molecule has 1 saturated heterocycles. The van der Waals surface area contributed by atoms with Crippen molar-refractivity contribution in [3.05, 3.63) is 12.2 Å². The van der Waals surface area contributed by atoms with E-state index in [0.717, 1.165) is 49.4 Å². The number of hydrogen-bond acceptors (Lipinski definition) is 2. The van der Waals surface area contributed by atoms with Crippen molar-refractivity contribution in [3.63, 3.8) is 0 Å². The van der Waals surface area contributed by atoms with Crippen molar-refractivity contribution in [2.24, 2.45) is 41.4 Å². The Morgan fingerprint density at radius 2 is 1.09 bits per heavy atom. The molecule has 0 aromatic rings. The van der Waals surface area contributed by atoms with Crippen molar-refractivity contribution in [3.8, 4) is 0 Å². The summed E-state index contributed by atoms with van der Waals surface area (Å²) in [6.45, 7) is 4.15. The molecule has 0 atom stereocenters. The van der Waals surface area contributed by atoms with Gasteiger partial charge in [-0.25, -0.2) is 0 Å². The van der Waals surface area contributed by atoms with Crippen LogP contribution in [-0.2, 0) is 9.47 Å². The predicted molar refractivity (Wildman–Crippen MR) is 130 cm³/mol. The molecule has 4 aliphatic rings. The zero-order valence-corrected chi connectivity index (χ0v) is 21.0. The van der Waals surface area contributed by atoms with E-state index >= 15 is 0 Å².